The van der Waals surface area contributed by atoms with Crippen molar-refractivity contribution in [3.8, 4) is 11.3 Å². The Hall–Kier alpha value is -4.59. The van der Waals surface area contributed by atoms with Crippen LogP contribution >= 0.6 is 7.92 Å². The van der Waals surface area contributed by atoms with Crippen molar-refractivity contribution < 1.29 is 0 Å². The average molecular weight is 562 g/mol. The summed E-state index contributed by atoms with van der Waals surface area (Å²) in [5.41, 5.74) is 3.37. The second kappa shape index (κ2) is 11.7. The third kappa shape index (κ3) is 5.02. The molecule has 1 heterocycles. The number of anilines is 1. The van der Waals surface area contributed by atoms with Crippen LogP contribution in [0.1, 0.15) is 31.4 Å². The summed E-state index contributed by atoms with van der Waals surface area (Å²) in [6.07, 6.45) is 6.67. The van der Waals surface area contributed by atoms with Crippen molar-refractivity contribution in [2.75, 3.05) is 5.32 Å². The van der Waals surface area contributed by atoms with E-state index in [0.29, 0.717) is 0 Å². The van der Waals surface area contributed by atoms with Crippen molar-refractivity contribution in [2.45, 2.75) is 25.8 Å². The number of rotatable bonds is 7. The average Bonchev–Trinajstić information content (AvgIpc) is 3.06. The Kier molecular flexibility index (Phi) is 7.34. The molecule has 0 bridgehead atoms. The van der Waals surface area contributed by atoms with E-state index < -0.39 is 7.92 Å². The normalized spacial score (nSPS) is 13.2. The van der Waals surface area contributed by atoms with Gasteiger partial charge in [0.2, 0.25) is 0 Å². The van der Waals surface area contributed by atoms with Crippen LogP contribution in [0.5, 0.6) is 0 Å². The molecule has 1 N–H and O–H groups in total. The van der Waals surface area contributed by atoms with Gasteiger partial charge in [-0.2, -0.15) is 0 Å². The van der Waals surface area contributed by atoms with Crippen molar-refractivity contribution in [1.82, 2.24) is 10.2 Å². The highest BCUT2D eigenvalue weighted by Crippen LogP contribution is 2.39. The number of fused-ring (bicyclic) bond motifs is 2. The van der Waals surface area contributed by atoms with Crippen LogP contribution in [0.3, 0.4) is 0 Å². The maximum atomic E-state index is 5.04. The number of benzene rings is 5. The Bertz CT molecular complexity index is 1930. The smallest absolute Gasteiger partial charge is 0.156 e. The van der Waals surface area contributed by atoms with Gasteiger partial charge in [0, 0.05) is 16.0 Å². The lowest BCUT2D eigenvalue weighted by atomic mass is 9.98. The van der Waals surface area contributed by atoms with E-state index in [9.17, 15) is 0 Å². The first-order valence-corrected chi connectivity index (χ1v) is 15.9. The minimum atomic E-state index is -0.836. The first-order valence-electron chi connectivity index (χ1n) is 14.6. The number of aromatic nitrogens is 2. The zero-order chi connectivity index (χ0) is 28.3. The Labute approximate surface area is 248 Å². The van der Waals surface area contributed by atoms with Crippen molar-refractivity contribution in [3.63, 3.8) is 0 Å². The molecule has 0 radical (unpaired) electrons. The van der Waals surface area contributed by atoms with Crippen molar-refractivity contribution >= 4 is 52.6 Å². The topological polar surface area (TPSA) is 37.8 Å². The summed E-state index contributed by atoms with van der Waals surface area (Å²) in [4.78, 5) is 0. The van der Waals surface area contributed by atoms with E-state index in [1.165, 1.54) is 43.0 Å². The molecule has 0 saturated carbocycles. The van der Waals surface area contributed by atoms with Gasteiger partial charge in [-0.1, -0.05) is 140 Å². The highest BCUT2D eigenvalue weighted by molar-refractivity contribution is 7.80. The molecular weight excluding hydrogens is 529 g/mol. The van der Waals surface area contributed by atoms with Gasteiger partial charge in [-0.25, -0.2) is 0 Å². The maximum Gasteiger partial charge on any atom is 0.156 e. The molecule has 4 heteroatoms. The molecule has 0 fully saturated rings. The van der Waals surface area contributed by atoms with Gasteiger partial charge in [0.15, 0.2) is 5.82 Å². The minimum Gasteiger partial charge on any atom is -0.362 e. The van der Waals surface area contributed by atoms with Crippen LogP contribution in [0.4, 0.5) is 5.82 Å². The summed E-state index contributed by atoms with van der Waals surface area (Å²) in [5, 5.41) is 22.3. The van der Waals surface area contributed by atoms with E-state index in [1.54, 1.807) is 0 Å². The SMILES string of the molecule is C[C@@H](Nc1nnc(-c2c(P(c3ccccc3)c3ccccc3)ccc3ccccc23)c2c1=CCCC=2)c1ccccc1. The molecule has 6 aromatic rings. The zero-order valence-electron chi connectivity index (χ0n) is 23.6. The zero-order valence-corrected chi connectivity index (χ0v) is 24.5. The van der Waals surface area contributed by atoms with E-state index >= 15 is 0 Å². The van der Waals surface area contributed by atoms with Crippen LogP contribution in [-0.4, -0.2) is 10.2 Å². The molecule has 0 unspecified atom stereocenters. The highest BCUT2D eigenvalue weighted by Gasteiger charge is 2.24. The molecule has 0 spiro atoms. The molecule has 0 amide bonds. The molecule has 1 aromatic heterocycles. The van der Waals surface area contributed by atoms with Crippen LogP contribution in [0.2, 0.25) is 0 Å². The fourth-order valence-corrected chi connectivity index (χ4v) is 8.40. The molecule has 7 rings (SSSR count). The number of nitrogens with one attached hydrogen (secondary N) is 1. The van der Waals surface area contributed by atoms with Crippen molar-refractivity contribution in [1.29, 1.82) is 0 Å². The van der Waals surface area contributed by atoms with Crippen LogP contribution in [0.15, 0.2) is 127 Å². The fourth-order valence-electron chi connectivity index (χ4n) is 5.93. The Morgan fingerprint density at radius 1 is 0.619 bits per heavy atom. The summed E-state index contributed by atoms with van der Waals surface area (Å²) >= 11 is 0. The summed E-state index contributed by atoms with van der Waals surface area (Å²) < 4.78 is 0. The Balaban J connectivity index is 1.47. The second-order valence-corrected chi connectivity index (χ2v) is 12.9. The minimum absolute atomic E-state index is 0.114. The molecular formula is C38H32N3P. The lowest BCUT2D eigenvalue weighted by Crippen LogP contribution is -2.36. The van der Waals surface area contributed by atoms with E-state index in [4.69, 9.17) is 10.2 Å². The van der Waals surface area contributed by atoms with Gasteiger partial charge in [-0.15, -0.1) is 10.2 Å². The first kappa shape index (κ1) is 26.3. The molecule has 42 heavy (non-hydrogen) atoms. The summed E-state index contributed by atoms with van der Waals surface area (Å²) in [6.45, 7) is 2.18. The predicted molar refractivity (Wildman–Crippen MR) is 180 cm³/mol. The first-order chi connectivity index (χ1) is 20.8. The van der Waals surface area contributed by atoms with Gasteiger partial charge in [0.05, 0.1) is 6.04 Å². The number of hydrogen-bond donors (Lipinski definition) is 1. The summed E-state index contributed by atoms with van der Waals surface area (Å²) in [7, 11) is -0.836. The van der Waals surface area contributed by atoms with Crippen molar-refractivity contribution in [3.05, 3.63) is 143 Å². The van der Waals surface area contributed by atoms with Gasteiger partial charge in [-0.05, 0) is 59.9 Å². The van der Waals surface area contributed by atoms with Gasteiger partial charge in [-0.3, -0.25) is 0 Å². The Morgan fingerprint density at radius 3 is 1.90 bits per heavy atom. The van der Waals surface area contributed by atoms with Gasteiger partial charge < -0.3 is 5.32 Å². The number of nitrogens with zero attached hydrogens (tertiary/aromatic N) is 2. The van der Waals surface area contributed by atoms with E-state index in [-0.39, 0.29) is 6.04 Å². The van der Waals surface area contributed by atoms with E-state index in [0.717, 1.165) is 29.6 Å². The lowest BCUT2D eigenvalue weighted by molar-refractivity contribution is 0.854. The van der Waals surface area contributed by atoms with E-state index in [1.807, 2.05) is 0 Å². The summed E-state index contributed by atoms with van der Waals surface area (Å²) in [6, 6.07) is 45.7. The third-order valence-corrected chi connectivity index (χ3v) is 10.5. The molecule has 1 atom stereocenters. The predicted octanol–water partition coefficient (Wildman–Crippen LogP) is 6.58. The highest BCUT2D eigenvalue weighted by atomic mass is 31.1. The van der Waals surface area contributed by atoms with E-state index in [2.05, 4.69) is 152 Å². The van der Waals surface area contributed by atoms with Gasteiger partial charge in [0.25, 0.3) is 0 Å². The Morgan fingerprint density at radius 2 is 1.21 bits per heavy atom. The maximum absolute atomic E-state index is 5.04. The third-order valence-electron chi connectivity index (χ3n) is 7.98. The lowest BCUT2D eigenvalue weighted by Gasteiger charge is -2.24. The molecule has 204 valence electrons. The monoisotopic (exact) mass is 561 g/mol. The van der Waals surface area contributed by atoms with Crippen LogP contribution in [-0.2, 0) is 0 Å². The van der Waals surface area contributed by atoms with Crippen molar-refractivity contribution in [2.24, 2.45) is 0 Å². The molecule has 5 aromatic carbocycles. The second-order valence-electron chi connectivity index (χ2n) is 10.7. The largest absolute Gasteiger partial charge is 0.362 e. The fraction of sp³-hybridized carbons (Fsp3) is 0.105. The molecule has 3 nitrogen and oxygen atoms in total. The van der Waals surface area contributed by atoms with Gasteiger partial charge in [0.1, 0.15) is 5.69 Å². The van der Waals surface area contributed by atoms with Crippen LogP contribution < -0.4 is 31.7 Å². The summed E-state index contributed by atoms with van der Waals surface area (Å²) in [5.74, 6) is 0.844. The quantitative estimate of drug-likeness (QED) is 0.224. The molecule has 1 aliphatic rings. The molecule has 1 aliphatic carbocycles. The molecule has 0 aliphatic heterocycles. The van der Waals surface area contributed by atoms with Gasteiger partial charge >= 0.3 is 0 Å². The van der Waals surface area contributed by atoms with Crippen LogP contribution in [0.25, 0.3) is 34.2 Å². The van der Waals surface area contributed by atoms with Crippen LogP contribution in [0, 0.1) is 0 Å². The standard InChI is InChI=1S/C38H32N3P/c1-27(28-15-5-2-6-16-28)39-38-34-24-14-13-23-33(34)37(40-41-38)36-32-22-12-11-17-29(32)25-26-35(36)42(30-18-7-3-8-19-30)31-20-9-4-10-21-31/h2-12,15-27H,13-14H2,1H3,(H,39,41)/t27-/m1/s1. The molecule has 0 saturated heterocycles. The number of hydrogen-bond acceptors (Lipinski definition) is 3.